The molecule has 0 radical (unpaired) electrons. The number of benzene rings is 2. The fourth-order valence-corrected chi connectivity index (χ4v) is 4.40. The monoisotopic (exact) mass is 446 g/mol. The Labute approximate surface area is 180 Å². The van der Waals surface area contributed by atoms with Crippen molar-refractivity contribution >= 4 is 46.1 Å². The Bertz CT molecular complexity index is 1340. The van der Waals surface area contributed by atoms with E-state index < -0.39 is 11.2 Å². The molecule has 0 amide bonds. The smallest absolute Gasteiger partial charge is 0.316 e. The summed E-state index contributed by atoms with van der Waals surface area (Å²) in [5, 5.41) is 1.51. The third kappa shape index (κ3) is 3.61. The van der Waals surface area contributed by atoms with E-state index in [1.165, 1.54) is 16.3 Å². The molecule has 0 saturated carbocycles. The number of hydrogen-bond donors (Lipinski definition) is 0. The van der Waals surface area contributed by atoms with Crippen LogP contribution in [0.15, 0.2) is 68.2 Å². The molecule has 0 bridgehead atoms. The molecule has 0 aliphatic heterocycles. The van der Waals surface area contributed by atoms with Gasteiger partial charge in [0.15, 0.2) is 16.3 Å². The summed E-state index contributed by atoms with van der Waals surface area (Å²) >= 11 is 13.6. The molecule has 0 N–H and O–H groups in total. The van der Waals surface area contributed by atoms with E-state index in [0.29, 0.717) is 31.9 Å². The van der Waals surface area contributed by atoms with Gasteiger partial charge in [-0.25, -0.2) is 9.78 Å². The van der Waals surface area contributed by atoms with Gasteiger partial charge in [0.1, 0.15) is 0 Å². The van der Waals surface area contributed by atoms with Crippen molar-refractivity contribution in [2.75, 3.05) is 0 Å². The number of aryl methyl sites for hydroxylation is 2. The zero-order valence-electron chi connectivity index (χ0n) is 15.6. The van der Waals surface area contributed by atoms with E-state index in [0.717, 1.165) is 9.46 Å². The largest absolute Gasteiger partial charge is 0.332 e. The highest BCUT2D eigenvalue weighted by molar-refractivity contribution is 7.99. The van der Waals surface area contributed by atoms with Gasteiger partial charge in [0.2, 0.25) is 0 Å². The van der Waals surface area contributed by atoms with Crippen molar-refractivity contribution in [1.29, 1.82) is 0 Å². The van der Waals surface area contributed by atoms with Gasteiger partial charge in [-0.1, -0.05) is 59.2 Å². The molecule has 0 aliphatic rings. The molecule has 4 rings (SSSR count). The summed E-state index contributed by atoms with van der Waals surface area (Å²) < 4.78 is 4.26. The highest BCUT2D eigenvalue weighted by Gasteiger charge is 2.19. The number of fused-ring (bicyclic) bond motifs is 1. The Hall–Kier alpha value is -2.48. The van der Waals surface area contributed by atoms with Crippen molar-refractivity contribution in [2.24, 2.45) is 14.1 Å². The highest BCUT2D eigenvalue weighted by Crippen LogP contribution is 2.28. The third-order valence-corrected chi connectivity index (χ3v) is 6.26. The molecule has 0 atom stereocenters. The van der Waals surface area contributed by atoms with Gasteiger partial charge in [0.25, 0.3) is 5.56 Å². The summed E-state index contributed by atoms with van der Waals surface area (Å²) in [6.45, 7) is 0.0454. The predicted molar refractivity (Wildman–Crippen MR) is 116 cm³/mol. The van der Waals surface area contributed by atoms with Crippen molar-refractivity contribution in [3.63, 3.8) is 0 Å². The Morgan fingerprint density at radius 1 is 1.00 bits per heavy atom. The summed E-state index contributed by atoms with van der Waals surface area (Å²) in [6, 6.07) is 14.7. The number of halogens is 2. The quantitative estimate of drug-likeness (QED) is 0.476. The van der Waals surface area contributed by atoms with E-state index in [-0.39, 0.29) is 6.54 Å². The van der Waals surface area contributed by atoms with Gasteiger partial charge in [-0.15, -0.1) is 0 Å². The van der Waals surface area contributed by atoms with Crippen LogP contribution in [0.3, 0.4) is 0 Å². The molecule has 0 fully saturated rings. The molecule has 29 heavy (non-hydrogen) atoms. The molecule has 0 unspecified atom stereocenters. The molecule has 9 heteroatoms. The fraction of sp³-hybridized carbons (Fsp3) is 0.150. The zero-order chi connectivity index (χ0) is 20.7. The maximum atomic E-state index is 13.2. The summed E-state index contributed by atoms with van der Waals surface area (Å²) in [7, 11) is 3.38. The Morgan fingerprint density at radius 3 is 2.41 bits per heavy atom. The SMILES string of the molecule is Cn1c(Sc2ccccc2)nc2c1c(=O)n(Cc1ccc(Cl)cc1Cl)c(=O)n2C. The van der Waals surface area contributed by atoms with Crippen LogP contribution in [0.5, 0.6) is 0 Å². The van der Waals surface area contributed by atoms with Crippen molar-refractivity contribution < 1.29 is 0 Å². The van der Waals surface area contributed by atoms with Gasteiger partial charge < -0.3 is 4.57 Å². The second-order valence-electron chi connectivity index (χ2n) is 6.51. The normalized spacial score (nSPS) is 11.3. The van der Waals surface area contributed by atoms with Gasteiger partial charge in [0.05, 0.1) is 6.54 Å². The minimum absolute atomic E-state index is 0.0454. The van der Waals surface area contributed by atoms with Crippen molar-refractivity contribution in [1.82, 2.24) is 18.7 Å². The number of imidazole rings is 1. The molecule has 148 valence electrons. The van der Waals surface area contributed by atoms with E-state index in [9.17, 15) is 9.59 Å². The van der Waals surface area contributed by atoms with Gasteiger partial charge in [-0.3, -0.25) is 13.9 Å². The minimum atomic E-state index is -0.456. The third-order valence-electron chi connectivity index (χ3n) is 4.61. The first-order chi connectivity index (χ1) is 13.9. The lowest BCUT2D eigenvalue weighted by molar-refractivity contribution is 0.655. The second kappa shape index (κ2) is 7.74. The van der Waals surface area contributed by atoms with Crippen molar-refractivity contribution in [3.05, 3.63) is 85.0 Å². The molecule has 0 saturated heterocycles. The van der Waals surface area contributed by atoms with Crippen LogP contribution in [0, 0.1) is 0 Å². The maximum absolute atomic E-state index is 13.2. The van der Waals surface area contributed by atoms with Gasteiger partial charge in [-0.2, -0.15) is 0 Å². The average Bonchev–Trinajstić information content (AvgIpc) is 3.02. The summed E-state index contributed by atoms with van der Waals surface area (Å²) in [5.41, 5.74) is 0.470. The molecular formula is C20H16Cl2N4O2S. The molecule has 0 spiro atoms. The first kappa shape index (κ1) is 19.8. The highest BCUT2D eigenvalue weighted by atomic mass is 35.5. The zero-order valence-corrected chi connectivity index (χ0v) is 17.9. The molecular weight excluding hydrogens is 431 g/mol. The number of rotatable bonds is 4. The van der Waals surface area contributed by atoms with E-state index in [4.69, 9.17) is 23.2 Å². The average molecular weight is 447 g/mol. The van der Waals surface area contributed by atoms with Crippen LogP contribution >= 0.6 is 35.0 Å². The molecule has 4 aromatic rings. The van der Waals surface area contributed by atoms with Gasteiger partial charge >= 0.3 is 5.69 Å². The summed E-state index contributed by atoms with van der Waals surface area (Å²) in [5.74, 6) is 0. The standard InChI is InChI=1S/C20H16Cl2N4O2S/c1-24-16-17(23-19(24)29-14-6-4-3-5-7-14)25(2)20(28)26(18(16)27)11-12-8-9-13(21)10-15(12)22/h3-10H,11H2,1-2H3. The topological polar surface area (TPSA) is 61.8 Å². The lowest BCUT2D eigenvalue weighted by Crippen LogP contribution is -2.39. The number of nitrogens with zero attached hydrogens (tertiary/aromatic N) is 4. The van der Waals surface area contributed by atoms with Gasteiger partial charge in [0, 0.05) is 29.0 Å². The first-order valence-electron chi connectivity index (χ1n) is 8.70. The van der Waals surface area contributed by atoms with Crippen LogP contribution in [0.25, 0.3) is 11.2 Å². The second-order valence-corrected chi connectivity index (χ2v) is 8.39. The maximum Gasteiger partial charge on any atom is 0.332 e. The molecule has 2 heterocycles. The molecule has 2 aromatic carbocycles. The van der Waals surface area contributed by atoms with E-state index in [1.54, 1.807) is 36.9 Å². The van der Waals surface area contributed by atoms with E-state index in [1.807, 2.05) is 30.3 Å². The van der Waals surface area contributed by atoms with Crippen LogP contribution < -0.4 is 11.2 Å². The lowest BCUT2D eigenvalue weighted by atomic mass is 10.2. The minimum Gasteiger partial charge on any atom is -0.316 e. The molecule has 2 aromatic heterocycles. The van der Waals surface area contributed by atoms with Crippen LogP contribution in [-0.2, 0) is 20.6 Å². The number of aromatic nitrogens is 4. The van der Waals surface area contributed by atoms with E-state index >= 15 is 0 Å². The van der Waals surface area contributed by atoms with Crippen molar-refractivity contribution in [3.8, 4) is 0 Å². The van der Waals surface area contributed by atoms with Gasteiger partial charge in [-0.05, 0) is 29.8 Å². The molecule has 6 nitrogen and oxygen atoms in total. The Balaban J connectivity index is 1.86. The Kier molecular flexibility index (Phi) is 5.29. The van der Waals surface area contributed by atoms with Crippen LogP contribution in [0.2, 0.25) is 10.0 Å². The first-order valence-corrected chi connectivity index (χ1v) is 10.3. The van der Waals surface area contributed by atoms with Crippen molar-refractivity contribution in [2.45, 2.75) is 16.6 Å². The van der Waals surface area contributed by atoms with Crippen LogP contribution in [0.1, 0.15) is 5.56 Å². The summed E-state index contributed by atoms with van der Waals surface area (Å²) in [4.78, 5) is 31.6. The van der Waals surface area contributed by atoms with Crippen LogP contribution in [0.4, 0.5) is 0 Å². The Morgan fingerprint density at radius 2 is 1.72 bits per heavy atom. The summed E-state index contributed by atoms with van der Waals surface area (Å²) in [6.07, 6.45) is 0. The number of hydrogen-bond acceptors (Lipinski definition) is 4. The lowest BCUT2D eigenvalue weighted by Gasteiger charge is -2.10. The fourth-order valence-electron chi connectivity index (χ4n) is 3.07. The molecule has 0 aliphatic carbocycles. The predicted octanol–water partition coefficient (Wildman–Crippen LogP) is 3.94. The van der Waals surface area contributed by atoms with E-state index in [2.05, 4.69) is 4.98 Å². The van der Waals surface area contributed by atoms with Crippen LogP contribution in [-0.4, -0.2) is 18.7 Å².